The number of para-hydroxylation sites is 2. The van der Waals surface area contributed by atoms with Crippen molar-refractivity contribution >= 4 is 42.4 Å². The predicted octanol–water partition coefficient (Wildman–Crippen LogP) is 13.5. The fourth-order valence-electron chi connectivity index (χ4n) is 9.09. The van der Waals surface area contributed by atoms with Gasteiger partial charge < -0.3 is 4.74 Å². The zero-order chi connectivity index (χ0) is 36.1. The monoisotopic (exact) mass is 718 g/mol. The van der Waals surface area contributed by atoms with Crippen LogP contribution in [0.1, 0.15) is 22.3 Å². The van der Waals surface area contributed by atoms with Crippen molar-refractivity contribution in [3.05, 3.63) is 204 Å². The van der Waals surface area contributed by atoms with E-state index < -0.39 is 5.41 Å². The van der Waals surface area contributed by atoms with Crippen LogP contribution in [0.4, 0.5) is 0 Å². The van der Waals surface area contributed by atoms with Crippen molar-refractivity contribution < 1.29 is 4.74 Å². The molecule has 0 N–H and O–H groups in total. The number of ether oxygens (including phenoxy) is 1. The molecule has 55 heavy (non-hydrogen) atoms. The first kappa shape index (κ1) is 30.6. The highest BCUT2D eigenvalue weighted by molar-refractivity contribution is 7.26. The highest BCUT2D eigenvalue weighted by atomic mass is 32.1. The van der Waals surface area contributed by atoms with Gasteiger partial charge in [-0.2, -0.15) is 0 Å². The van der Waals surface area contributed by atoms with E-state index in [1.54, 1.807) is 11.3 Å². The summed E-state index contributed by atoms with van der Waals surface area (Å²) in [7, 11) is 0. The normalized spacial score (nSPS) is 13.4. The average Bonchev–Trinajstić information content (AvgIpc) is 3.76. The first-order valence-corrected chi connectivity index (χ1v) is 19.5. The van der Waals surface area contributed by atoms with Gasteiger partial charge in [0.25, 0.3) is 0 Å². The number of benzene rings is 8. The second kappa shape index (κ2) is 11.6. The molecule has 0 radical (unpaired) electrons. The van der Waals surface area contributed by atoms with Gasteiger partial charge in [0, 0.05) is 32.3 Å². The fraction of sp³-hybridized carbons (Fsp3) is 0.0196. The Hall–Kier alpha value is -6.88. The molecule has 4 heteroatoms. The summed E-state index contributed by atoms with van der Waals surface area (Å²) >= 11 is 1.77. The SMILES string of the molecule is c1ccc(-c2ccc(-c3nc(-c4ccc5c(c4)-c4cc6ccccc6cc4C54c5ccccc5Oc5ccccc54)c4sc5ccccc5c4n3)cc2)cc1. The lowest BCUT2D eigenvalue weighted by Gasteiger charge is -2.39. The molecule has 10 aromatic rings. The third-order valence-electron chi connectivity index (χ3n) is 11.5. The fourth-order valence-corrected chi connectivity index (χ4v) is 10.2. The summed E-state index contributed by atoms with van der Waals surface area (Å²) in [6, 6.07) is 65.3. The lowest BCUT2D eigenvalue weighted by Crippen LogP contribution is -2.32. The molecule has 3 nitrogen and oxygen atoms in total. The van der Waals surface area contributed by atoms with E-state index in [1.165, 1.54) is 48.9 Å². The van der Waals surface area contributed by atoms with Gasteiger partial charge in [-0.1, -0.05) is 146 Å². The van der Waals surface area contributed by atoms with Crippen molar-refractivity contribution in [3.8, 4) is 56.4 Å². The molecule has 0 saturated heterocycles. The molecule has 1 aliphatic carbocycles. The maximum absolute atomic E-state index is 6.62. The minimum atomic E-state index is -0.553. The van der Waals surface area contributed by atoms with Crippen LogP contribution in [0.5, 0.6) is 11.5 Å². The molecule has 0 fully saturated rings. The minimum Gasteiger partial charge on any atom is -0.457 e. The third-order valence-corrected chi connectivity index (χ3v) is 12.7. The molecule has 256 valence electrons. The molecular weight excluding hydrogens is 689 g/mol. The molecule has 2 aromatic heterocycles. The van der Waals surface area contributed by atoms with E-state index in [-0.39, 0.29) is 0 Å². The number of hydrogen-bond donors (Lipinski definition) is 0. The molecule has 3 heterocycles. The van der Waals surface area contributed by atoms with Crippen molar-refractivity contribution in [2.75, 3.05) is 0 Å². The lowest BCUT2D eigenvalue weighted by molar-refractivity contribution is 0.436. The summed E-state index contributed by atoms with van der Waals surface area (Å²) in [6.07, 6.45) is 0. The zero-order valence-electron chi connectivity index (χ0n) is 29.5. The molecule has 0 amide bonds. The molecule has 0 saturated carbocycles. The van der Waals surface area contributed by atoms with E-state index in [4.69, 9.17) is 14.7 Å². The number of nitrogens with zero attached hydrogens (tertiary/aromatic N) is 2. The van der Waals surface area contributed by atoms with E-state index in [1.807, 2.05) is 0 Å². The topological polar surface area (TPSA) is 35.0 Å². The van der Waals surface area contributed by atoms with Crippen LogP contribution in [0.3, 0.4) is 0 Å². The Morgan fingerprint density at radius 2 is 1.04 bits per heavy atom. The molecule has 12 rings (SSSR count). The summed E-state index contributed by atoms with van der Waals surface area (Å²) in [6.45, 7) is 0. The highest BCUT2D eigenvalue weighted by Gasteiger charge is 2.51. The van der Waals surface area contributed by atoms with E-state index >= 15 is 0 Å². The Morgan fingerprint density at radius 1 is 0.436 bits per heavy atom. The second-order valence-electron chi connectivity index (χ2n) is 14.5. The van der Waals surface area contributed by atoms with Crippen LogP contribution in [-0.2, 0) is 5.41 Å². The summed E-state index contributed by atoms with van der Waals surface area (Å²) in [5.41, 5.74) is 13.1. The van der Waals surface area contributed by atoms with Gasteiger partial charge in [0.05, 0.1) is 21.3 Å². The Bertz CT molecular complexity index is 3140. The van der Waals surface area contributed by atoms with Gasteiger partial charge in [-0.3, -0.25) is 0 Å². The van der Waals surface area contributed by atoms with Gasteiger partial charge in [-0.25, -0.2) is 9.97 Å². The van der Waals surface area contributed by atoms with Gasteiger partial charge in [-0.15, -0.1) is 11.3 Å². The van der Waals surface area contributed by atoms with E-state index in [2.05, 4.69) is 182 Å². The predicted molar refractivity (Wildman–Crippen MR) is 226 cm³/mol. The van der Waals surface area contributed by atoms with Gasteiger partial charge >= 0.3 is 0 Å². The summed E-state index contributed by atoms with van der Waals surface area (Å²) in [5.74, 6) is 2.51. The number of fused-ring (bicyclic) bond motifs is 13. The zero-order valence-corrected chi connectivity index (χ0v) is 30.3. The van der Waals surface area contributed by atoms with Crippen LogP contribution in [0.15, 0.2) is 182 Å². The van der Waals surface area contributed by atoms with Gasteiger partial charge in [0.15, 0.2) is 5.82 Å². The van der Waals surface area contributed by atoms with Crippen molar-refractivity contribution in [2.24, 2.45) is 0 Å². The van der Waals surface area contributed by atoms with E-state index in [0.29, 0.717) is 0 Å². The van der Waals surface area contributed by atoms with Crippen molar-refractivity contribution in [2.45, 2.75) is 5.41 Å². The quantitative estimate of drug-likeness (QED) is 0.182. The van der Waals surface area contributed by atoms with Crippen LogP contribution < -0.4 is 4.74 Å². The molecule has 8 aromatic carbocycles. The Kier molecular flexibility index (Phi) is 6.42. The van der Waals surface area contributed by atoms with Gasteiger partial charge in [0.2, 0.25) is 0 Å². The maximum Gasteiger partial charge on any atom is 0.160 e. The number of rotatable bonds is 3. The van der Waals surface area contributed by atoms with Gasteiger partial charge in [0.1, 0.15) is 11.5 Å². The first-order chi connectivity index (χ1) is 27.2. The molecular formula is C51H30N2OS. The largest absolute Gasteiger partial charge is 0.457 e. The summed E-state index contributed by atoms with van der Waals surface area (Å²) in [4.78, 5) is 10.7. The highest BCUT2D eigenvalue weighted by Crippen LogP contribution is 2.63. The van der Waals surface area contributed by atoms with Crippen molar-refractivity contribution in [1.82, 2.24) is 9.97 Å². The molecule has 0 bridgehead atoms. The molecule has 0 atom stereocenters. The van der Waals surface area contributed by atoms with Crippen LogP contribution in [0.2, 0.25) is 0 Å². The number of aromatic nitrogens is 2. The molecule has 0 unspecified atom stereocenters. The lowest BCUT2D eigenvalue weighted by atomic mass is 9.66. The summed E-state index contributed by atoms with van der Waals surface area (Å²) < 4.78 is 8.93. The van der Waals surface area contributed by atoms with Crippen LogP contribution in [0, 0.1) is 0 Å². The van der Waals surface area contributed by atoms with Crippen LogP contribution in [-0.4, -0.2) is 9.97 Å². The van der Waals surface area contributed by atoms with Crippen LogP contribution in [0.25, 0.3) is 76.0 Å². The van der Waals surface area contributed by atoms with E-state index in [0.717, 1.165) is 60.9 Å². The summed E-state index contributed by atoms with van der Waals surface area (Å²) in [5, 5.41) is 3.60. The second-order valence-corrected chi connectivity index (χ2v) is 15.5. The van der Waals surface area contributed by atoms with Crippen LogP contribution >= 0.6 is 11.3 Å². The van der Waals surface area contributed by atoms with Crippen molar-refractivity contribution in [3.63, 3.8) is 0 Å². The third kappa shape index (κ3) is 4.37. The Balaban J connectivity index is 1.12. The molecule has 1 aliphatic heterocycles. The number of hydrogen-bond acceptors (Lipinski definition) is 4. The van der Waals surface area contributed by atoms with Gasteiger partial charge in [-0.05, 0) is 80.6 Å². The van der Waals surface area contributed by atoms with Crippen molar-refractivity contribution in [1.29, 1.82) is 0 Å². The molecule has 2 aliphatic rings. The van der Waals surface area contributed by atoms with E-state index in [9.17, 15) is 0 Å². The first-order valence-electron chi connectivity index (χ1n) is 18.6. The number of thiophene rings is 1. The average molecular weight is 719 g/mol. The standard InChI is InChI=1S/C51H30N2OS/c1-2-12-31(13-3-1)32-22-24-33(25-23-32)50-52-47(49-48(53-50)37-16-6-11-21-46(37)55-49)36-26-27-40-38(29-36)39-28-34-14-4-5-15-35(34)30-43(39)51(40)41-17-7-9-19-44(41)54-45-20-10-8-18-42(45)51/h1-30H. The molecule has 1 spiro atoms. The smallest absolute Gasteiger partial charge is 0.160 e. The minimum absolute atomic E-state index is 0.553. The Labute approximate surface area is 321 Å². The Morgan fingerprint density at radius 3 is 1.82 bits per heavy atom. The maximum atomic E-state index is 6.62.